The van der Waals surface area contributed by atoms with Crippen LogP contribution in [-0.4, -0.2) is 23.5 Å². The van der Waals surface area contributed by atoms with Crippen molar-refractivity contribution in [2.24, 2.45) is 0 Å². The average Bonchev–Trinajstić information content (AvgIpc) is 2.28. The molecule has 0 aliphatic carbocycles. The molecule has 1 saturated heterocycles. The van der Waals surface area contributed by atoms with E-state index in [0.717, 1.165) is 13.8 Å². The maximum absolute atomic E-state index is 12.3. The molecule has 0 saturated carbocycles. The fourth-order valence-corrected chi connectivity index (χ4v) is 0.800. The second-order valence-electron chi connectivity index (χ2n) is 3.21. The molecule has 0 spiro atoms. The SMILES string of the molecule is CC(=O)C1(C)OOC(C)(C(F)(F)F)O1. The van der Waals surface area contributed by atoms with E-state index in [4.69, 9.17) is 0 Å². The molecule has 1 aliphatic rings. The Morgan fingerprint density at radius 3 is 1.93 bits per heavy atom. The van der Waals surface area contributed by atoms with Gasteiger partial charge in [0.1, 0.15) is 0 Å². The van der Waals surface area contributed by atoms with Crippen LogP contribution in [0.3, 0.4) is 0 Å². The first kappa shape index (κ1) is 11.4. The number of carbonyl (C=O) groups excluding carboxylic acids is 1. The van der Waals surface area contributed by atoms with E-state index in [9.17, 15) is 18.0 Å². The third-order valence-electron chi connectivity index (χ3n) is 1.90. The van der Waals surface area contributed by atoms with Gasteiger partial charge in [0.2, 0.25) is 0 Å². The van der Waals surface area contributed by atoms with Gasteiger partial charge in [-0.3, -0.25) is 9.53 Å². The highest BCUT2D eigenvalue weighted by molar-refractivity contribution is 5.83. The van der Waals surface area contributed by atoms with E-state index in [0.29, 0.717) is 6.92 Å². The minimum Gasteiger partial charge on any atom is -0.298 e. The first-order valence-corrected chi connectivity index (χ1v) is 3.75. The molecule has 14 heavy (non-hydrogen) atoms. The van der Waals surface area contributed by atoms with Gasteiger partial charge in [0.05, 0.1) is 0 Å². The molecule has 7 heteroatoms. The van der Waals surface area contributed by atoms with Crippen molar-refractivity contribution in [2.75, 3.05) is 0 Å². The number of carbonyl (C=O) groups is 1. The summed E-state index contributed by atoms with van der Waals surface area (Å²) in [6.07, 6.45) is -4.76. The van der Waals surface area contributed by atoms with Crippen LogP contribution in [0.15, 0.2) is 0 Å². The van der Waals surface area contributed by atoms with Crippen LogP contribution < -0.4 is 0 Å². The second-order valence-corrected chi connectivity index (χ2v) is 3.21. The molecule has 0 aromatic carbocycles. The molecule has 4 nitrogen and oxygen atoms in total. The van der Waals surface area contributed by atoms with Crippen LogP contribution in [0.2, 0.25) is 0 Å². The standard InChI is InChI=1S/C7H9F3O4/c1-4(11)5(2)12-6(3,14-13-5)7(8,9)10/h1-3H3. The maximum Gasteiger partial charge on any atom is 0.446 e. The van der Waals surface area contributed by atoms with Crippen LogP contribution in [-0.2, 0) is 19.3 Å². The van der Waals surface area contributed by atoms with Crippen LogP contribution in [0.25, 0.3) is 0 Å². The number of ketones is 1. The molecule has 0 amide bonds. The quantitative estimate of drug-likeness (QED) is 0.621. The molecule has 1 fully saturated rings. The summed E-state index contributed by atoms with van der Waals surface area (Å²) < 4.78 is 41.4. The zero-order valence-corrected chi connectivity index (χ0v) is 7.77. The third-order valence-corrected chi connectivity index (χ3v) is 1.90. The van der Waals surface area contributed by atoms with Crippen molar-refractivity contribution in [2.45, 2.75) is 38.5 Å². The number of alkyl halides is 3. The normalized spacial score (nSPS) is 38.7. The van der Waals surface area contributed by atoms with Crippen LogP contribution in [0.1, 0.15) is 20.8 Å². The van der Waals surface area contributed by atoms with E-state index in [1.54, 1.807) is 0 Å². The summed E-state index contributed by atoms with van der Waals surface area (Å²) in [5.74, 6) is -5.59. The van der Waals surface area contributed by atoms with Gasteiger partial charge < -0.3 is 0 Å². The molecule has 1 heterocycles. The predicted octanol–water partition coefficient (Wildman–Crippen LogP) is 1.55. The molecular weight excluding hydrogens is 205 g/mol. The molecular formula is C7H9F3O4. The highest BCUT2D eigenvalue weighted by atomic mass is 19.4. The summed E-state index contributed by atoms with van der Waals surface area (Å²) in [5, 5.41) is 0. The van der Waals surface area contributed by atoms with Crippen molar-refractivity contribution in [3.63, 3.8) is 0 Å². The van der Waals surface area contributed by atoms with E-state index in [1.165, 1.54) is 0 Å². The Morgan fingerprint density at radius 2 is 1.71 bits per heavy atom. The Morgan fingerprint density at radius 1 is 1.21 bits per heavy atom. The number of halogens is 3. The first-order chi connectivity index (χ1) is 6.11. The van der Waals surface area contributed by atoms with Gasteiger partial charge in [0, 0.05) is 20.8 Å². The van der Waals surface area contributed by atoms with Crippen molar-refractivity contribution < 1.29 is 32.5 Å². The molecule has 2 unspecified atom stereocenters. The first-order valence-electron chi connectivity index (χ1n) is 3.75. The third kappa shape index (κ3) is 1.62. The summed E-state index contributed by atoms with van der Waals surface area (Å²) in [7, 11) is 0. The van der Waals surface area contributed by atoms with E-state index in [-0.39, 0.29) is 0 Å². The fourth-order valence-electron chi connectivity index (χ4n) is 0.800. The monoisotopic (exact) mass is 214 g/mol. The molecule has 0 bridgehead atoms. The molecule has 2 atom stereocenters. The second kappa shape index (κ2) is 2.91. The Labute approximate surface area is 77.9 Å². The molecule has 1 aliphatic heterocycles. The summed E-state index contributed by atoms with van der Waals surface area (Å²) in [5.41, 5.74) is 0. The highest BCUT2D eigenvalue weighted by Gasteiger charge is 2.64. The smallest absolute Gasteiger partial charge is 0.298 e. The summed E-state index contributed by atoms with van der Waals surface area (Å²) >= 11 is 0. The number of ether oxygens (including phenoxy) is 1. The van der Waals surface area contributed by atoms with Crippen molar-refractivity contribution in [3.05, 3.63) is 0 Å². The Hall–Kier alpha value is -0.660. The molecule has 0 aromatic rings. The van der Waals surface area contributed by atoms with Gasteiger partial charge in [-0.15, -0.1) is 0 Å². The van der Waals surface area contributed by atoms with Crippen molar-refractivity contribution in [1.82, 2.24) is 0 Å². The minimum atomic E-state index is -4.76. The van der Waals surface area contributed by atoms with Crippen LogP contribution >= 0.6 is 0 Å². The van der Waals surface area contributed by atoms with Crippen LogP contribution in [0.4, 0.5) is 13.2 Å². The Kier molecular flexibility index (Phi) is 2.38. The lowest BCUT2D eigenvalue weighted by Crippen LogP contribution is -2.46. The molecule has 0 radical (unpaired) electrons. The van der Waals surface area contributed by atoms with Crippen molar-refractivity contribution in [3.8, 4) is 0 Å². The average molecular weight is 214 g/mol. The van der Waals surface area contributed by atoms with Gasteiger partial charge >= 0.3 is 6.18 Å². The van der Waals surface area contributed by atoms with Gasteiger partial charge in [-0.2, -0.15) is 22.9 Å². The number of Topliss-reactive ketones (excluding diaryl/α,β-unsaturated/α-hetero) is 1. The largest absolute Gasteiger partial charge is 0.446 e. The summed E-state index contributed by atoms with van der Waals surface area (Å²) in [6, 6.07) is 0. The zero-order valence-electron chi connectivity index (χ0n) is 7.77. The number of hydrogen-bond acceptors (Lipinski definition) is 4. The lowest BCUT2D eigenvalue weighted by molar-refractivity contribution is -0.404. The summed E-state index contributed by atoms with van der Waals surface area (Å²) in [6.45, 7) is 2.75. The van der Waals surface area contributed by atoms with E-state index in [1.807, 2.05) is 0 Å². The van der Waals surface area contributed by atoms with Gasteiger partial charge in [0.15, 0.2) is 5.78 Å². The number of rotatable bonds is 1. The number of hydrogen-bond donors (Lipinski definition) is 0. The van der Waals surface area contributed by atoms with Gasteiger partial charge in [-0.1, -0.05) is 0 Å². The van der Waals surface area contributed by atoms with E-state index < -0.39 is 23.5 Å². The van der Waals surface area contributed by atoms with E-state index >= 15 is 0 Å². The highest BCUT2D eigenvalue weighted by Crippen LogP contribution is 2.43. The molecule has 82 valence electrons. The zero-order chi connectivity index (χ0) is 11.2. The predicted molar refractivity (Wildman–Crippen MR) is 36.8 cm³/mol. The lowest BCUT2D eigenvalue weighted by Gasteiger charge is -2.24. The Balaban J connectivity index is 2.89. The summed E-state index contributed by atoms with van der Waals surface area (Å²) in [4.78, 5) is 19.2. The van der Waals surface area contributed by atoms with Gasteiger partial charge in [-0.05, 0) is 0 Å². The van der Waals surface area contributed by atoms with Gasteiger partial charge in [-0.25, -0.2) is 0 Å². The van der Waals surface area contributed by atoms with Crippen molar-refractivity contribution >= 4 is 5.78 Å². The van der Waals surface area contributed by atoms with Crippen LogP contribution in [0, 0.1) is 0 Å². The van der Waals surface area contributed by atoms with Crippen LogP contribution in [0.5, 0.6) is 0 Å². The Bertz CT molecular complexity index is 264. The molecule has 0 aromatic heterocycles. The van der Waals surface area contributed by atoms with E-state index in [2.05, 4.69) is 14.5 Å². The molecule has 1 rings (SSSR count). The maximum atomic E-state index is 12.3. The van der Waals surface area contributed by atoms with Crippen molar-refractivity contribution in [1.29, 1.82) is 0 Å². The fraction of sp³-hybridized carbons (Fsp3) is 0.857. The van der Waals surface area contributed by atoms with Gasteiger partial charge in [0.25, 0.3) is 11.6 Å². The molecule has 0 N–H and O–H groups in total. The minimum absolute atomic E-state index is 0.640. The topological polar surface area (TPSA) is 44.8 Å². The lowest BCUT2D eigenvalue weighted by atomic mass is 10.2.